The van der Waals surface area contributed by atoms with Crippen LogP contribution in [0, 0.1) is 0 Å². The fraction of sp³-hybridized carbons (Fsp3) is 0.400. The van der Waals surface area contributed by atoms with Gasteiger partial charge in [-0.25, -0.2) is 9.59 Å². The highest BCUT2D eigenvalue weighted by atomic mass is 16.5. The topological polar surface area (TPSA) is 83.8 Å². The number of carboxylic acid groups (broad SMARTS) is 1. The lowest BCUT2D eigenvalue weighted by Gasteiger charge is -1.96. The molecule has 0 saturated heterocycles. The highest BCUT2D eigenvalue weighted by Gasteiger charge is 1.98. The van der Waals surface area contributed by atoms with Crippen molar-refractivity contribution < 1.29 is 24.5 Å². The number of aliphatic hydroxyl groups is 1. The molecule has 0 aromatic carbocycles. The summed E-state index contributed by atoms with van der Waals surface area (Å²) in [5.74, 6) is -1.41. The molecule has 0 aliphatic heterocycles. The Labute approximate surface area is 88.7 Å². The third-order valence-corrected chi connectivity index (χ3v) is 1.15. The Hall–Kier alpha value is -1.78. The molecule has 0 aliphatic carbocycles. The molecule has 2 N–H and O–H groups in total. The number of hydrogen-bond donors (Lipinski definition) is 2. The molecule has 0 amide bonds. The van der Waals surface area contributed by atoms with E-state index >= 15 is 0 Å². The average Bonchev–Trinajstić information content (AvgIpc) is 2.17. The van der Waals surface area contributed by atoms with Crippen LogP contribution in [0.1, 0.15) is 20.8 Å². The fourth-order valence-corrected chi connectivity index (χ4v) is 0.310. The monoisotopic (exact) mass is 216 g/mol. The second kappa shape index (κ2) is 8.80. The first-order valence-corrected chi connectivity index (χ1v) is 4.23. The molecule has 0 radical (unpaired) electrons. The maximum absolute atomic E-state index is 10.4. The number of carbonyl (C=O) groups excluding carboxylic acids is 1. The van der Waals surface area contributed by atoms with Gasteiger partial charge < -0.3 is 14.9 Å². The SMILES string of the molecule is C=C(C)C(=O)OCC.CC(=CO)C(=O)O. The van der Waals surface area contributed by atoms with Crippen molar-refractivity contribution >= 4 is 11.9 Å². The largest absolute Gasteiger partial charge is 0.515 e. The van der Waals surface area contributed by atoms with Crippen molar-refractivity contribution in [3.05, 3.63) is 24.0 Å². The van der Waals surface area contributed by atoms with Gasteiger partial charge in [0.25, 0.3) is 0 Å². The van der Waals surface area contributed by atoms with Crippen molar-refractivity contribution in [2.45, 2.75) is 20.8 Å². The standard InChI is InChI=1S/C6H10O2.C4H6O3/c1-4-8-6(7)5(2)3;1-3(2-5)4(6)7/h2,4H2,1,3H3;2,5H,1H3,(H,6,7). The molecule has 0 heterocycles. The lowest BCUT2D eigenvalue weighted by atomic mass is 10.4. The van der Waals surface area contributed by atoms with Gasteiger partial charge in [-0.15, -0.1) is 0 Å². The second-order valence-corrected chi connectivity index (χ2v) is 2.62. The van der Waals surface area contributed by atoms with Crippen molar-refractivity contribution in [2.24, 2.45) is 0 Å². The number of aliphatic carboxylic acids is 1. The molecule has 0 aromatic heterocycles. The summed E-state index contributed by atoms with van der Waals surface area (Å²) in [5, 5.41) is 15.9. The van der Waals surface area contributed by atoms with Crippen molar-refractivity contribution in [3.8, 4) is 0 Å². The first kappa shape index (κ1) is 15.7. The Kier molecular flexibility index (Phi) is 9.20. The van der Waals surface area contributed by atoms with Gasteiger partial charge in [0.1, 0.15) is 0 Å². The zero-order valence-corrected chi connectivity index (χ0v) is 9.11. The minimum absolute atomic E-state index is 0.0556. The lowest BCUT2D eigenvalue weighted by molar-refractivity contribution is -0.138. The molecule has 15 heavy (non-hydrogen) atoms. The minimum Gasteiger partial charge on any atom is -0.515 e. The number of aliphatic hydroxyl groups excluding tert-OH is 1. The van der Waals surface area contributed by atoms with E-state index in [4.69, 9.17) is 10.2 Å². The molecule has 5 heteroatoms. The van der Waals surface area contributed by atoms with E-state index < -0.39 is 5.97 Å². The van der Waals surface area contributed by atoms with E-state index in [9.17, 15) is 9.59 Å². The summed E-state index contributed by atoms with van der Waals surface area (Å²) in [7, 11) is 0. The third kappa shape index (κ3) is 10.1. The van der Waals surface area contributed by atoms with Crippen molar-refractivity contribution in [1.29, 1.82) is 0 Å². The average molecular weight is 216 g/mol. The quantitative estimate of drug-likeness (QED) is 0.426. The first-order chi connectivity index (χ1) is 6.86. The van der Waals surface area contributed by atoms with Crippen LogP contribution in [-0.4, -0.2) is 28.8 Å². The smallest absolute Gasteiger partial charge is 0.334 e. The molecule has 0 aliphatic rings. The Morgan fingerprint density at radius 2 is 1.87 bits per heavy atom. The molecule has 0 bridgehead atoms. The summed E-state index contributed by atoms with van der Waals surface area (Å²) in [4.78, 5) is 20.1. The first-order valence-electron chi connectivity index (χ1n) is 4.23. The minimum atomic E-state index is -1.09. The molecule has 0 fully saturated rings. The van der Waals surface area contributed by atoms with Crippen molar-refractivity contribution in [3.63, 3.8) is 0 Å². The van der Waals surface area contributed by atoms with Gasteiger partial charge in [0.05, 0.1) is 18.4 Å². The molecule has 0 unspecified atom stereocenters. The molecule has 0 atom stereocenters. The molecule has 0 aromatic rings. The van der Waals surface area contributed by atoms with Crippen molar-refractivity contribution in [1.82, 2.24) is 0 Å². The van der Waals surface area contributed by atoms with E-state index in [2.05, 4.69) is 11.3 Å². The van der Waals surface area contributed by atoms with E-state index in [-0.39, 0.29) is 11.5 Å². The Balaban J connectivity index is 0. The van der Waals surface area contributed by atoms with Crippen LogP contribution in [-0.2, 0) is 14.3 Å². The molecule has 0 spiro atoms. The number of rotatable bonds is 3. The van der Waals surface area contributed by atoms with Crippen LogP contribution in [0.4, 0.5) is 0 Å². The summed E-state index contributed by atoms with van der Waals surface area (Å²) in [6, 6.07) is 0. The summed E-state index contributed by atoms with van der Waals surface area (Å²) in [6.45, 7) is 8.52. The van der Waals surface area contributed by atoms with E-state index in [0.29, 0.717) is 18.4 Å². The Morgan fingerprint density at radius 3 is 1.93 bits per heavy atom. The number of ether oxygens (including phenoxy) is 1. The van der Waals surface area contributed by atoms with Gasteiger partial charge >= 0.3 is 11.9 Å². The van der Waals surface area contributed by atoms with Crippen LogP contribution in [0.3, 0.4) is 0 Å². The molecule has 0 saturated carbocycles. The van der Waals surface area contributed by atoms with Gasteiger partial charge in [-0.05, 0) is 20.8 Å². The van der Waals surface area contributed by atoms with Crippen LogP contribution >= 0.6 is 0 Å². The lowest BCUT2D eigenvalue weighted by Crippen LogP contribution is -2.03. The highest BCUT2D eigenvalue weighted by molar-refractivity contribution is 5.86. The zero-order valence-electron chi connectivity index (χ0n) is 9.11. The van der Waals surface area contributed by atoms with Crippen LogP contribution in [0.25, 0.3) is 0 Å². The van der Waals surface area contributed by atoms with E-state index in [0.717, 1.165) is 0 Å². The van der Waals surface area contributed by atoms with Gasteiger partial charge in [-0.1, -0.05) is 6.58 Å². The summed E-state index contributed by atoms with van der Waals surface area (Å²) >= 11 is 0. The van der Waals surface area contributed by atoms with Crippen molar-refractivity contribution in [2.75, 3.05) is 6.61 Å². The van der Waals surface area contributed by atoms with Gasteiger partial charge in [-0.2, -0.15) is 0 Å². The number of carbonyl (C=O) groups is 2. The van der Waals surface area contributed by atoms with Gasteiger partial charge in [0, 0.05) is 5.57 Å². The predicted molar refractivity (Wildman–Crippen MR) is 55.5 cm³/mol. The Morgan fingerprint density at radius 1 is 1.40 bits per heavy atom. The number of esters is 1. The zero-order chi connectivity index (χ0) is 12.4. The van der Waals surface area contributed by atoms with E-state index in [1.54, 1.807) is 13.8 Å². The second-order valence-electron chi connectivity index (χ2n) is 2.62. The highest BCUT2D eigenvalue weighted by Crippen LogP contribution is 1.89. The normalized spacial score (nSPS) is 9.67. The molecular weight excluding hydrogens is 200 g/mol. The molecule has 0 rings (SSSR count). The maximum atomic E-state index is 10.4. The predicted octanol–water partition coefficient (Wildman–Crippen LogP) is 1.66. The van der Waals surface area contributed by atoms with Gasteiger partial charge in [0.2, 0.25) is 0 Å². The molecule has 5 nitrogen and oxygen atoms in total. The van der Waals surface area contributed by atoms with Crippen LogP contribution in [0.15, 0.2) is 24.0 Å². The molecular formula is C10H16O5. The van der Waals surface area contributed by atoms with Crippen LogP contribution in [0.5, 0.6) is 0 Å². The van der Waals surface area contributed by atoms with Crippen LogP contribution in [0.2, 0.25) is 0 Å². The number of carboxylic acids is 1. The summed E-state index contributed by atoms with van der Waals surface area (Å²) in [6.07, 6.45) is 0.558. The summed E-state index contributed by atoms with van der Waals surface area (Å²) < 4.78 is 4.56. The third-order valence-electron chi connectivity index (χ3n) is 1.15. The van der Waals surface area contributed by atoms with E-state index in [1.807, 2.05) is 0 Å². The summed E-state index contributed by atoms with van der Waals surface area (Å²) in [5.41, 5.74) is 0.395. The van der Waals surface area contributed by atoms with Crippen LogP contribution < -0.4 is 0 Å². The van der Waals surface area contributed by atoms with Gasteiger partial charge in [-0.3, -0.25) is 0 Å². The van der Waals surface area contributed by atoms with Gasteiger partial charge in [0.15, 0.2) is 0 Å². The Bertz CT molecular complexity index is 265. The number of hydrogen-bond acceptors (Lipinski definition) is 4. The fourth-order valence-electron chi connectivity index (χ4n) is 0.310. The molecule has 86 valence electrons. The maximum Gasteiger partial charge on any atom is 0.334 e. The van der Waals surface area contributed by atoms with E-state index in [1.165, 1.54) is 6.92 Å².